The largest absolute Gasteiger partial charge is 0.748 e. The molecule has 1 unspecified atom stereocenters. The number of aryl methyl sites for hydroxylation is 1. The van der Waals surface area contributed by atoms with Gasteiger partial charge in [0.25, 0.3) is 5.01 Å². The van der Waals surface area contributed by atoms with E-state index in [4.69, 9.17) is 25.1 Å². The van der Waals surface area contributed by atoms with Gasteiger partial charge in [0.05, 0.1) is 34.2 Å². The topological polar surface area (TPSA) is 120 Å². The molecular formula is C26H23ClN2O7S3. The van der Waals surface area contributed by atoms with Crippen LogP contribution in [0.3, 0.4) is 0 Å². The van der Waals surface area contributed by atoms with Crippen molar-refractivity contribution in [2.24, 2.45) is 0 Å². The van der Waals surface area contributed by atoms with Crippen LogP contribution in [0.15, 0.2) is 72.6 Å². The lowest BCUT2D eigenvalue weighted by Crippen LogP contribution is -2.36. The monoisotopic (exact) mass is 606 g/mol. The van der Waals surface area contributed by atoms with Gasteiger partial charge in [0.15, 0.2) is 12.3 Å². The van der Waals surface area contributed by atoms with Gasteiger partial charge in [-0.05, 0) is 35.4 Å². The Bertz CT molecular complexity index is 1670. The Kier molecular flexibility index (Phi) is 8.33. The number of hydrogen-bond acceptors (Lipinski definition) is 8. The van der Waals surface area contributed by atoms with Gasteiger partial charge in [-0.1, -0.05) is 59.3 Å². The fraction of sp³-hybridized carbons (Fsp3) is 0.192. The first-order valence-corrected chi connectivity index (χ1v) is 15.6. The van der Waals surface area contributed by atoms with Crippen molar-refractivity contribution >= 4 is 66.4 Å². The number of aromatic nitrogens is 1. The molecule has 0 saturated carbocycles. The maximum absolute atomic E-state index is 11.5. The molecule has 0 bridgehead atoms. The predicted octanol–water partition coefficient (Wildman–Crippen LogP) is 4.80. The summed E-state index contributed by atoms with van der Waals surface area (Å²) in [4.78, 5) is 1.69. The lowest BCUT2D eigenvalue weighted by atomic mass is 10.0. The maximum atomic E-state index is 11.5. The number of hydrogen-bond donors (Lipinski definition) is 1. The molecule has 9 nitrogen and oxygen atoms in total. The summed E-state index contributed by atoms with van der Waals surface area (Å²) >= 11 is 5.40. The minimum absolute atomic E-state index is 0.0711. The van der Waals surface area contributed by atoms with Crippen LogP contribution in [-0.2, 0) is 32.2 Å². The Morgan fingerprint density at radius 1 is 1.13 bits per heavy atom. The fourth-order valence-electron chi connectivity index (χ4n) is 4.32. The van der Waals surface area contributed by atoms with Gasteiger partial charge in [-0.3, -0.25) is 8.74 Å². The molecule has 0 aliphatic carbocycles. The Morgan fingerprint density at radius 3 is 2.67 bits per heavy atom. The lowest BCUT2D eigenvalue weighted by Gasteiger charge is -2.19. The second-order valence-electron chi connectivity index (χ2n) is 8.64. The van der Waals surface area contributed by atoms with Crippen molar-refractivity contribution in [1.29, 1.82) is 0 Å². The second-order valence-corrected chi connectivity index (χ2v) is 12.3. The van der Waals surface area contributed by atoms with Gasteiger partial charge in [-0.15, -0.1) is 0 Å². The van der Waals surface area contributed by atoms with Gasteiger partial charge in [0, 0.05) is 24.1 Å². The normalized spacial score (nSPS) is 15.1. The molecule has 0 radical (unpaired) electrons. The first-order valence-electron chi connectivity index (χ1n) is 11.8. The van der Waals surface area contributed by atoms with Crippen LogP contribution in [0.25, 0.3) is 27.4 Å². The number of halogens is 1. The lowest BCUT2D eigenvalue weighted by molar-refractivity contribution is -0.669. The van der Waals surface area contributed by atoms with E-state index in [-0.39, 0.29) is 13.2 Å². The molecule has 1 aliphatic heterocycles. The van der Waals surface area contributed by atoms with Crippen LogP contribution in [-0.4, -0.2) is 40.6 Å². The summed E-state index contributed by atoms with van der Waals surface area (Å²) in [7, 11) is -4.48. The maximum Gasteiger partial charge on any atom is 0.301 e. The number of fused-ring (bicyclic) bond motifs is 2. The highest BCUT2D eigenvalue weighted by atomic mass is 35.5. The Labute approximate surface area is 237 Å². The second kappa shape index (κ2) is 11.7. The van der Waals surface area contributed by atoms with E-state index in [9.17, 15) is 17.2 Å². The van der Waals surface area contributed by atoms with Crippen molar-refractivity contribution in [3.8, 4) is 16.9 Å². The molecule has 0 fully saturated rings. The average molecular weight is 607 g/mol. The van der Waals surface area contributed by atoms with Crippen LogP contribution >= 0.6 is 22.9 Å². The number of anilines is 1. The molecule has 204 valence electrons. The van der Waals surface area contributed by atoms with E-state index in [0.29, 0.717) is 35.3 Å². The van der Waals surface area contributed by atoms with Gasteiger partial charge in [0.1, 0.15) is 4.70 Å². The van der Waals surface area contributed by atoms with E-state index in [1.807, 2.05) is 65.2 Å². The van der Waals surface area contributed by atoms with Crippen molar-refractivity contribution < 1.29 is 35.2 Å². The van der Waals surface area contributed by atoms with Crippen molar-refractivity contribution in [3.05, 3.63) is 82.6 Å². The van der Waals surface area contributed by atoms with Crippen LogP contribution in [0.1, 0.15) is 11.4 Å². The number of nitrogens with zero attached hydrogens (tertiary/aromatic N) is 2. The number of rotatable bonds is 10. The summed E-state index contributed by atoms with van der Waals surface area (Å²) in [6.07, 6.45) is 2.24. The molecule has 1 aliphatic rings. The van der Waals surface area contributed by atoms with Crippen molar-refractivity contribution in [3.63, 3.8) is 0 Å². The quantitative estimate of drug-likeness (QED) is 0.118. The van der Waals surface area contributed by atoms with Crippen LogP contribution in [0.4, 0.5) is 5.69 Å². The van der Waals surface area contributed by atoms with E-state index in [2.05, 4.69) is 0 Å². The Hall–Kier alpha value is -2.84. The molecule has 1 atom stereocenters. The zero-order chi connectivity index (χ0) is 27.6. The van der Waals surface area contributed by atoms with Crippen LogP contribution in [0.2, 0.25) is 5.02 Å². The summed E-state index contributed by atoms with van der Waals surface area (Å²) in [5.74, 6) is 0.317. The molecule has 0 amide bonds. The fourth-order valence-corrected chi connectivity index (χ4v) is 6.25. The molecule has 1 aromatic heterocycles. The Balaban J connectivity index is 1.55. The van der Waals surface area contributed by atoms with Gasteiger partial charge in [-0.2, -0.15) is 8.78 Å². The summed E-state index contributed by atoms with van der Waals surface area (Å²) in [6, 6.07) is 20.9. The summed E-state index contributed by atoms with van der Waals surface area (Å²) < 4.78 is 68.3. The average Bonchev–Trinajstić information content (AvgIpc) is 3.41. The van der Waals surface area contributed by atoms with Gasteiger partial charge in [0.2, 0.25) is 11.4 Å². The first-order chi connectivity index (χ1) is 18.7. The van der Waals surface area contributed by atoms with Gasteiger partial charge in [-0.25, -0.2) is 8.42 Å². The van der Waals surface area contributed by atoms with Crippen molar-refractivity contribution in [2.75, 3.05) is 23.8 Å². The van der Waals surface area contributed by atoms with Crippen LogP contribution in [0, 0.1) is 0 Å². The summed E-state index contributed by atoms with van der Waals surface area (Å²) in [5, 5.41) is 1.33. The molecule has 13 heteroatoms. The zero-order valence-electron chi connectivity index (χ0n) is 20.4. The van der Waals surface area contributed by atoms with Crippen molar-refractivity contribution in [1.82, 2.24) is 0 Å². The van der Waals surface area contributed by atoms with E-state index in [1.54, 1.807) is 17.0 Å². The minimum atomic E-state index is -4.48. The smallest absolute Gasteiger partial charge is 0.301 e. The van der Waals surface area contributed by atoms with Gasteiger partial charge < -0.3 is 14.2 Å². The van der Waals surface area contributed by atoms with Crippen molar-refractivity contribution in [2.45, 2.75) is 13.0 Å². The zero-order valence-corrected chi connectivity index (χ0v) is 23.6. The number of thiazole rings is 1. The van der Waals surface area contributed by atoms with E-state index >= 15 is 0 Å². The molecular weight excluding hydrogens is 584 g/mol. The molecule has 4 aromatic rings. The SMILES string of the molecule is O=S(O)OCCC[n+]1c(C=C2Oc3ccc(-c4ccccc4)cc3N2CCS(=O)(=O)[O-])sc2ccc(Cl)cc21. The molecule has 0 spiro atoms. The summed E-state index contributed by atoms with van der Waals surface area (Å²) in [5.41, 5.74) is 3.42. The third-order valence-electron chi connectivity index (χ3n) is 6.05. The van der Waals surface area contributed by atoms with Crippen LogP contribution in [0.5, 0.6) is 5.75 Å². The van der Waals surface area contributed by atoms with E-state index in [0.717, 1.165) is 26.4 Å². The highest BCUT2D eigenvalue weighted by Crippen LogP contribution is 2.42. The summed E-state index contributed by atoms with van der Waals surface area (Å²) in [6.45, 7) is 0.439. The predicted molar refractivity (Wildman–Crippen MR) is 151 cm³/mol. The molecule has 39 heavy (non-hydrogen) atoms. The molecule has 1 N–H and O–H groups in total. The van der Waals surface area contributed by atoms with Crippen LogP contribution < -0.4 is 14.2 Å². The third-order valence-corrected chi connectivity index (χ3v) is 8.45. The Morgan fingerprint density at radius 2 is 1.92 bits per heavy atom. The first kappa shape index (κ1) is 27.7. The molecule has 5 rings (SSSR count). The highest BCUT2D eigenvalue weighted by molar-refractivity contribution is 7.85. The van der Waals surface area contributed by atoms with E-state index in [1.165, 1.54) is 11.3 Å². The molecule has 2 heterocycles. The van der Waals surface area contributed by atoms with E-state index < -0.39 is 27.2 Å². The standard InChI is InChI=1S/C26H23ClN2O7S3/c27-20-8-10-24-22(16-20)29(11-4-13-35-38(30)31)26(37-24)17-25-28(12-14-39(32,33)34)21-15-19(7-9-23(21)36-25)18-5-2-1-3-6-18/h1-3,5-10,15-17H,4,11-14H2,(H-,30,31,32,33,34). The molecule has 3 aromatic carbocycles. The molecule has 0 saturated heterocycles. The highest BCUT2D eigenvalue weighted by Gasteiger charge is 2.30. The minimum Gasteiger partial charge on any atom is -0.748 e. The number of benzene rings is 3. The third kappa shape index (κ3) is 6.67. The van der Waals surface area contributed by atoms with Gasteiger partial charge >= 0.3 is 11.4 Å². The number of ether oxygens (including phenoxy) is 1.